The second-order valence-electron chi connectivity index (χ2n) is 6.17. The number of hydrogen-bond acceptors (Lipinski definition) is 7. The first kappa shape index (κ1) is 21.2. The maximum atomic E-state index is 12.2. The summed E-state index contributed by atoms with van der Waals surface area (Å²) in [4.78, 5) is 22.5. The zero-order chi connectivity index (χ0) is 20.8. The van der Waals surface area contributed by atoms with Crippen molar-refractivity contribution in [3.63, 3.8) is 0 Å². The fourth-order valence-electron chi connectivity index (χ4n) is 2.84. The number of benzene rings is 2. The third-order valence-electron chi connectivity index (χ3n) is 3.87. The third-order valence-corrected chi connectivity index (χ3v) is 4.83. The van der Waals surface area contributed by atoms with Gasteiger partial charge in [0.2, 0.25) is 11.1 Å². The van der Waals surface area contributed by atoms with Crippen LogP contribution in [0.1, 0.15) is 16.7 Å². The van der Waals surface area contributed by atoms with E-state index in [1.54, 1.807) is 6.07 Å². The molecule has 0 unspecified atom stereocenters. The molecule has 0 aliphatic rings. The van der Waals surface area contributed by atoms with Gasteiger partial charge in [-0.1, -0.05) is 35.5 Å². The highest BCUT2D eigenvalue weighted by Gasteiger charge is 2.17. The number of amides is 1. The van der Waals surface area contributed by atoms with Gasteiger partial charge in [-0.2, -0.15) is 5.10 Å². The second kappa shape index (κ2) is 9.20. The summed E-state index contributed by atoms with van der Waals surface area (Å²) in [5.74, 6) is 11.3. The maximum Gasteiger partial charge on any atom is 0.271 e. The monoisotopic (exact) mass is 402 g/mol. The number of hydrogen-bond donors (Lipinski definition) is 3. The van der Waals surface area contributed by atoms with Crippen molar-refractivity contribution in [2.45, 2.75) is 20.8 Å². The van der Waals surface area contributed by atoms with Crippen LogP contribution in [0.2, 0.25) is 0 Å². The lowest BCUT2D eigenvalue weighted by molar-refractivity contribution is -0.384. The minimum absolute atomic E-state index is 0.0175. The molecular formula is C18H22N6O3S. The Balaban J connectivity index is 2.05. The van der Waals surface area contributed by atoms with E-state index in [2.05, 4.69) is 10.4 Å². The van der Waals surface area contributed by atoms with Crippen LogP contribution in [0.3, 0.4) is 0 Å². The number of nitro benzene ring substituents is 1. The van der Waals surface area contributed by atoms with Crippen molar-refractivity contribution in [2.75, 3.05) is 16.1 Å². The molecule has 0 aromatic heterocycles. The molecule has 0 bridgehead atoms. The number of hydrazone groups is 1. The van der Waals surface area contributed by atoms with Crippen molar-refractivity contribution in [1.29, 1.82) is 0 Å². The second-order valence-corrected chi connectivity index (χ2v) is 7.12. The molecule has 0 aliphatic heterocycles. The van der Waals surface area contributed by atoms with E-state index in [-0.39, 0.29) is 22.5 Å². The average Bonchev–Trinajstić information content (AvgIpc) is 2.61. The zero-order valence-corrected chi connectivity index (χ0v) is 16.6. The van der Waals surface area contributed by atoms with Crippen LogP contribution in [0, 0.1) is 30.9 Å². The van der Waals surface area contributed by atoms with Crippen molar-refractivity contribution in [1.82, 2.24) is 0 Å². The molecule has 2 aromatic carbocycles. The van der Waals surface area contributed by atoms with Gasteiger partial charge in [0, 0.05) is 17.8 Å². The molecule has 9 nitrogen and oxygen atoms in total. The topological polar surface area (TPSA) is 140 Å². The van der Waals surface area contributed by atoms with Crippen molar-refractivity contribution in [3.8, 4) is 0 Å². The Morgan fingerprint density at radius 2 is 1.89 bits per heavy atom. The highest BCUT2D eigenvalue weighted by molar-refractivity contribution is 8.14. The molecule has 0 saturated heterocycles. The Morgan fingerprint density at radius 3 is 2.46 bits per heavy atom. The Morgan fingerprint density at radius 1 is 1.25 bits per heavy atom. The van der Waals surface area contributed by atoms with Crippen LogP contribution in [-0.2, 0) is 4.79 Å². The van der Waals surface area contributed by atoms with E-state index in [1.807, 2.05) is 32.9 Å². The molecule has 0 aliphatic carbocycles. The van der Waals surface area contributed by atoms with Gasteiger partial charge in [0.25, 0.3) is 5.69 Å². The maximum absolute atomic E-state index is 12.2. The number of non-ortho nitro benzene ring substituents is 1. The van der Waals surface area contributed by atoms with Gasteiger partial charge >= 0.3 is 0 Å². The molecule has 5 N–H and O–H groups in total. The molecule has 1 amide bonds. The summed E-state index contributed by atoms with van der Waals surface area (Å²) in [6, 6.07) is 9.70. The summed E-state index contributed by atoms with van der Waals surface area (Å²) in [6.45, 7) is 5.86. The van der Waals surface area contributed by atoms with Gasteiger partial charge in [0.1, 0.15) is 0 Å². The Kier molecular flexibility index (Phi) is 6.96. The molecule has 2 aromatic rings. The zero-order valence-electron chi connectivity index (χ0n) is 15.8. The molecule has 2 rings (SSSR count). The van der Waals surface area contributed by atoms with E-state index < -0.39 is 4.92 Å². The average molecular weight is 402 g/mol. The lowest BCUT2D eigenvalue weighted by Gasteiger charge is -2.23. The number of rotatable bonds is 5. The molecule has 0 spiro atoms. The smallest absolute Gasteiger partial charge is 0.271 e. The number of nitrogens with zero attached hydrogens (tertiary/aromatic N) is 3. The first-order valence-corrected chi connectivity index (χ1v) is 9.29. The predicted octanol–water partition coefficient (Wildman–Crippen LogP) is 2.80. The number of carbonyl (C=O) groups is 1. The highest BCUT2D eigenvalue weighted by atomic mass is 32.2. The van der Waals surface area contributed by atoms with Crippen molar-refractivity contribution in [3.05, 3.63) is 63.2 Å². The first-order chi connectivity index (χ1) is 13.2. The quantitative estimate of drug-likeness (QED) is 0.230. The van der Waals surface area contributed by atoms with Crippen molar-refractivity contribution < 1.29 is 9.72 Å². The Labute approximate surface area is 166 Å². The van der Waals surface area contributed by atoms with Gasteiger partial charge in [-0.25, -0.2) is 5.84 Å². The van der Waals surface area contributed by atoms with E-state index >= 15 is 0 Å². The number of carbonyl (C=O) groups excluding carboxylic acids is 1. The van der Waals surface area contributed by atoms with Crippen LogP contribution >= 0.6 is 11.8 Å². The molecule has 0 fully saturated rings. The van der Waals surface area contributed by atoms with Crippen LogP contribution in [0.25, 0.3) is 0 Å². The summed E-state index contributed by atoms with van der Waals surface area (Å²) in [5.41, 5.74) is 4.03. The van der Waals surface area contributed by atoms with Crippen LogP contribution in [-0.4, -0.2) is 21.8 Å². The fraction of sp³-hybridized carbons (Fsp3) is 0.222. The van der Waals surface area contributed by atoms with Gasteiger partial charge in [-0.3, -0.25) is 19.9 Å². The number of aryl methyl sites for hydroxylation is 3. The largest absolute Gasteiger partial charge is 0.325 e. The number of nitro groups is 1. The molecule has 148 valence electrons. The molecule has 10 heteroatoms. The Hall–Kier alpha value is -3.11. The molecule has 0 radical (unpaired) electrons. The van der Waals surface area contributed by atoms with Gasteiger partial charge in [-0.15, -0.1) is 0 Å². The number of anilines is 2. The normalized spacial score (nSPS) is 11.2. The van der Waals surface area contributed by atoms with Crippen LogP contribution < -0.4 is 22.0 Å². The number of amidine groups is 1. The number of thioether (sulfide) groups is 1. The number of hydrazine groups is 1. The summed E-state index contributed by atoms with van der Waals surface area (Å²) in [7, 11) is 0. The fourth-order valence-corrected chi connectivity index (χ4v) is 3.48. The molecule has 0 heterocycles. The SMILES string of the molecule is Cc1cc(C)c(N(N)/C(=N\N)SCC(=O)Nc2cccc([N+](=O)[O-])c2)c(C)c1. The molecular weight excluding hydrogens is 380 g/mol. The summed E-state index contributed by atoms with van der Waals surface area (Å²) < 4.78 is 0. The van der Waals surface area contributed by atoms with E-state index in [0.717, 1.165) is 34.1 Å². The van der Waals surface area contributed by atoms with Crippen LogP contribution in [0.15, 0.2) is 41.5 Å². The van der Waals surface area contributed by atoms with Gasteiger partial charge < -0.3 is 11.2 Å². The van der Waals surface area contributed by atoms with E-state index in [1.165, 1.54) is 23.2 Å². The van der Waals surface area contributed by atoms with Gasteiger partial charge in [-0.05, 0) is 38.0 Å². The minimum Gasteiger partial charge on any atom is -0.325 e. The summed E-state index contributed by atoms with van der Waals surface area (Å²) >= 11 is 1.06. The highest BCUT2D eigenvalue weighted by Crippen LogP contribution is 2.26. The molecule has 28 heavy (non-hydrogen) atoms. The minimum atomic E-state index is -0.526. The predicted molar refractivity (Wildman–Crippen MR) is 113 cm³/mol. The molecule has 0 saturated carbocycles. The summed E-state index contributed by atoms with van der Waals surface area (Å²) in [6.07, 6.45) is 0. The van der Waals surface area contributed by atoms with Crippen molar-refractivity contribution >= 4 is 39.9 Å². The molecule has 0 atom stereocenters. The van der Waals surface area contributed by atoms with Crippen LogP contribution in [0.4, 0.5) is 17.1 Å². The van der Waals surface area contributed by atoms with Crippen molar-refractivity contribution in [2.24, 2.45) is 16.8 Å². The van der Waals surface area contributed by atoms with E-state index in [4.69, 9.17) is 11.7 Å². The number of nitrogens with one attached hydrogen (secondary N) is 1. The third kappa shape index (κ3) is 5.21. The lowest BCUT2D eigenvalue weighted by Crippen LogP contribution is -2.38. The standard InChI is InChI=1S/C18H22N6O3S/c1-11-7-12(2)17(13(3)8-11)23(20)18(22-19)28-10-16(25)21-14-5-4-6-15(9-14)24(26)27/h4-9H,10,19-20H2,1-3H3,(H,21,25)/b22-18+. The first-order valence-electron chi connectivity index (χ1n) is 8.30. The van der Waals surface area contributed by atoms with Gasteiger partial charge in [0.15, 0.2) is 0 Å². The lowest BCUT2D eigenvalue weighted by atomic mass is 10.1. The summed E-state index contributed by atoms with van der Waals surface area (Å²) in [5, 5.41) is 18.7. The van der Waals surface area contributed by atoms with Gasteiger partial charge in [0.05, 0.1) is 16.4 Å². The Bertz CT molecular complexity index is 908. The van der Waals surface area contributed by atoms with Crippen LogP contribution in [0.5, 0.6) is 0 Å². The van der Waals surface area contributed by atoms with E-state index in [0.29, 0.717) is 5.69 Å². The van der Waals surface area contributed by atoms with E-state index in [9.17, 15) is 14.9 Å². The number of nitrogens with two attached hydrogens (primary N) is 2.